The Morgan fingerprint density at radius 2 is 2.48 bits per heavy atom. The van der Waals surface area contributed by atoms with Crippen LogP contribution in [0.4, 0.5) is 0 Å². The van der Waals surface area contributed by atoms with Crippen molar-refractivity contribution in [3.63, 3.8) is 0 Å². The predicted octanol–water partition coefficient (Wildman–Crippen LogP) is 1.53. The summed E-state index contributed by atoms with van der Waals surface area (Å²) in [5.74, 6) is -0.125. The second-order valence-electron chi connectivity index (χ2n) is 5.33. The summed E-state index contributed by atoms with van der Waals surface area (Å²) in [7, 11) is 1.88. The molecular formula is C15H20N4O2. The minimum absolute atomic E-state index is 0.0375. The fourth-order valence-electron chi connectivity index (χ4n) is 2.80. The van der Waals surface area contributed by atoms with Crippen LogP contribution in [0.5, 0.6) is 0 Å². The molecule has 0 radical (unpaired) electrons. The van der Waals surface area contributed by atoms with Crippen molar-refractivity contribution in [3.8, 4) is 0 Å². The molecule has 0 bridgehead atoms. The number of hydrogen-bond donors (Lipinski definition) is 2. The Bertz CT molecular complexity index is 591. The van der Waals surface area contributed by atoms with E-state index in [0.717, 1.165) is 24.2 Å². The van der Waals surface area contributed by atoms with Crippen molar-refractivity contribution < 1.29 is 9.53 Å². The number of carbonyl (C=O) groups excluding carboxylic acids is 1. The third-order valence-corrected chi connectivity index (χ3v) is 3.92. The van der Waals surface area contributed by atoms with Gasteiger partial charge in [-0.2, -0.15) is 5.10 Å². The molecule has 112 valence electrons. The van der Waals surface area contributed by atoms with Gasteiger partial charge in [-0.3, -0.25) is 9.48 Å². The van der Waals surface area contributed by atoms with Gasteiger partial charge < -0.3 is 15.0 Å². The molecule has 1 fully saturated rings. The Morgan fingerprint density at radius 1 is 1.57 bits per heavy atom. The first kappa shape index (κ1) is 13.9. The van der Waals surface area contributed by atoms with Gasteiger partial charge in [0.15, 0.2) is 0 Å². The quantitative estimate of drug-likeness (QED) is 0.896. The first-order chi connectivity index (χ1) is 10.3. The average Bonchev–Trinajstić information content (AvgIpc) is 3.16. The molecule has 2 N–H and O–H groups in total. The van der Waals surface area contributed by atoms with Gasteiger partial charge in [-0.25, -0.2) is 0 Å². The molecule has 2 aromatic rings. The highest BCUT2D eigenvalue weighted by atomic mass is 16.5. The summed E-state index contributed by atoms with van der Waals surface area (Å²) in [4.78, 5) is 15.6. The Balaban J connectivity index is 1.69. The molecule has 1 amide bonds. The molecule has 21 heavy (non-hydrogen) atoms. The standard InChI is InChI=1S/C15H20N4O2/c1-19-13(6-8-18-19)14-12(5-3-9-21-14)15(20)17-10-11-4-2-7-16-11/h2,4,6-8,12,14,16H,3,5,9-10H2,1H3,(H,17,20)/t12-,14-/m1/s1. The van der Waals surface area contributed by atoms with Crippen LogP contribution in [0.15, 0.2) is 30.6 Å². The van der Waals surface area contributed by atoms with Gasteiger partial charge in [0.2, 0.25) is 5.91 Å². The lowest BCUT2D eigenvalue weighted by Gasteiger charge is -2.30. The third kappa shape index (κ3) is 3.00. The molecule has 0 unspecified atom stereocenters. The number of aryl methyl sites for hydroxylation is 1. The van der Waals surface area contributed by atoms with Crippen LogP contribution >= 0.6 is 0 Å². The van der Waals surface area contributed by atoms with Gasteiger partial charge in [-0.1, -0.05) is 0 Å². The van der Waals surface area contributed by atoms with Gasteiger partial charge in [0.05, 0.1) is 18.2 Å². The average molecular weight is 288 g/mol. The van der Waals surface area contributed by atoms with Gasteiger partial charge in [-0.05, 0) is 31.0 Å². The van der Waals surface area contributed by atoms with Crippen molar-refractivity contribution in [2.45, 2.75) is 25.5 Å². The minimum atomic E-state index is -0.213. The number of H-pyrrole nitrogens is 1. The molecule has 0 spiro atoms. The van der Waals surface area contributed by atoms with Crippen molar-refractivity contribution in [3.05, 3.63) is 42.0 Å². The normalized spacial score (nSPS) is 22.1. The Kier molecular flexibility index (Phi) is 4.06. The van der Waals surface area contributed by atoms with E-state index < -0.39 is 0 Å². The maximum atomic E-state index is 12.5. The van der Waals surface area contributed by atoms with Gasteiger partial charge in [0, 0.05) is 31.7 Å². The molecule has 1 saturated heterocycles. The van der Waals surface area contributed by atoms with Crippen LogP contribution in [-0.2, 0) is 23.1 Å². The van der Waals surface area contributed by atoms with E-state index in [-0.39, 0.29) is 17.9 Å². The highest BCUT2D eigenvalue weighted by molar-refractivity contribution is 5.79. The summed E-state index contributed by atoms with van der Waals surface area (Å²) in [5, 5.41) is 7.16. The number of nitrogens with one attached hydrogen (secondary N) is 2. The Hall–Kier alpha value is -2.08. The molecule has 1 aliphatic heterocycles. The van der Waals surface area contributed by atoms with E-state index in [0.29, 0.717) is 13.2 Å². The number of carbonyl (C=O) groups is 1. The minimum Gasteiger partial charge on any atom is -0.371 e. The second kappa shape index (κ2) is 6.13. The van der Waals surface area contributed by atoms with Gasteiger partial charge in [0.25, 0.3) is 0 Å². The molecule has 6 heteroatoms. The lowest BCUT2D eigenvalue weighted by molar-refractivity contribution is -0.135. The van der Waals surface area contributed by atoms with Gasteiger partial charge >= 0.3 is 0 Å². The number of aromatic nitrogens is 3. The van der Waals surface area contributed by atoms with Crippen LogP contribution in [0.3, 0.4) is 0 Å². The van der Waals surface area contributed by atoms with E-state index >= 15 is 0 Å². The van der Waals surface area contributed by atoms with Crippen LogP contribution in [-0.4, -0.2) is 27.3 Å². The van der Waals surface area contributed by atoms with E-state index in [4.69, 9.17) is 4.74 Å². The summed E-state index contributed by atoms with van der Waals surface area (Å²) < 4.78 is 7.62. The summed E-state index contributed by atoms with van der Waals surface area (Å²) in [5.41, 5.74) is 1.95. The van der Waals surface area contributed by atoms with E-state index in [1.54, 1.807) is 10.9 Å². The highest BCUT2D eigenvalue weighted by Crippen LogP contribution is 2.33. The van der Waals surface area contributed by atoms with Crippen LogP contribution < -0.4 is 5.32 Å². The van der Waals surface area contributed by atoms with E-state index in [1.807, 2.05) is 31.4 Å². The fourth-order valence-corrected chi connectivity index (χ4v) is 2.80. The second-order valence-corrected chi connectivity index (χ2v) is 5.33. The Morgan fingerprint density at radius 3 is 3.19 bits per heavy atom. The largest absolute Gasteiger partial charge is 0.371 e. The summed E-state index contributed by atoms with van der Waals surface area (Å²) in [6.45, 7) is 1.21. The molecule has 3 rings (SSSR count). The SMILES string of the molecule is Cn1nccc1[C@@H]1OCCC[C@H]1C(=O)NCc1ccc[nH]1. The van der Waals surface area contributed by atoms with Crippen molar-refractivity contribution in [2.75, 3.05) is 6.61 Å². The zero-order valence-electron chi connectivity index (χ0n) is 12.1. The number of nitrogens with zero attached hydrogens (tertiary/aromatic N) is 2. The number of aromatic amines is 1. The maximum absolute atomic E-state index is 12.5. The van der Waals surface area contributed by atoms with Crippen LogP contribution in [0.2, 0.25) is 0 Å². The molecule has 1 aliphatic rings. The summed E-state index contributed by atoms with van der Waals surface area (Å²) in [6, 6.07) is 5.79. The van der Waals surface area contributed by atoms with Crippen molar-refractivity contribution >= 4 is 5.91 Å². The topological polar surface area (TPSA) is 71.9 Å². The van der Waals surface area contributed by atoms with Crippen LogP contribution in [0, 0.1) is 5.92 Å². The van der Waals surface area contributed by atoms with Crippen LogP contribution in [0.25, 0.3) is 0 Å². The molecule has 6 nitrogen and oxygen atoms in total. The lowest BCUT2D eigenvalue weighted by atomic mass is 9.91. The molecule has 3 heterocycles. The van der Waals surface area contributed by atoms with Gasteiger partial charge in [-0.15, -0.1) is 0 Å². The zero-order chi connectivity index (χ0) is 14.7. The maximum Gasteiger partial charge on any atom is 0.226 e. The van der Waals surface area contributed by atoms with Crippen LogP contribution in [0.1, 0.15) is 30.3 Å². The summed E-state index contributed by atoms with van der Waals surface area (Å²) >= 11 is 0. The van der Waals surface area contributed by atoms with Crippen molar-refractivity contribution in [2.24, 2.45) is 13.0 Å². The molecular weight excluding hydrogens is 268 g/mol. The highest BCUT2D eigenvalue weighted by Gasteiger charge is 2.34. The Labute approximate surface area is 123 Å². The first-order valence-electron chi connectivity index (χ1n) is 7.25. The number of hydrogen-bond acceptors (Lipinski definition) is 3. The number of ether oxygens (including phenoxy) is 1. The number of rotatable bonds is 4. The smallest absolute Gasteiger partial charge is 0.226 e. The van der Waals surface area contributed by atoms with Crippen molar-refractivity contribution in [1.82, 2.24) is 20.1 Å². The molecule has 0 aliphatic carbocycles. The molecule has 0 aromatic carbocycles. The van der Waals surface area contributed by atoms with E-state index in [2.05, 4.69) is 15.4 Å². The first-order valence-corrected chi connectivity index (χ1v) is 7.25. The van der Waals surface area contributed by atoms with Crippen molar-refractivity contribution in [1.29, 1.82) is 0 Å². The number of amides is 1. The predicted molar refractivity (Wildman–Crippen MR) is 77.3 cm³/mol. The van der Waals surface area contributed by atoms with Gasteiger partial charge in [0.1, 0.15) is 6.10 Å². The molecule has 0 saturated carbocycles. The zero-order valence-corrected chi connectivity index (χ0v) is 12.1. The monoisotopic (exact) mass is 288 g/mol. The fraction of sp³-hybridized carbons (Fsp3) is 0.467. The third-order valence-electron chi connectivity index (χ3n) is 3.92. The molecule has 2 atom stereocenters. The van der Waals surface area contributed by atoms with E-state index in [1.165, 1.54) is 0 Å². The molecule has 2 aromatic heterocycles. The van der Waals surface area contributed by atoms with E-state index in [9.17, 15) is 4.79 Å². The lowest BCUT2D eigenvalue weighted by Crippen LogP contribution is -2.38. The summed E-state index contributed by atoms with van der Waals surface area (Å²) in [6.07, 6.45) is 5.13.